The van der Waals surface area contributed by atoms with Crippen molar-refractivity contribution in [2.75, 3.05) is 19.0 Å². The van der Waals surface area contributed by atoms with E-state index in [0.717, 1.165) is 17.5 Å². The second kappa shape index (κ2) is 6.40. The zero-order valence-electron chi connectivity index (χ0n) is 10.4. The van der Waals surface area contributed by atoms with Gasteiger partial charge in [-0.15, -0.1) is 11.3 Å². The molecule has 1 heterocycles. The number of hydrogen-bond donors (Lipinski definition) is 1. The van der Waals surface area contributed by atoms with Gasteiger partial charge >= 0.3 is 0 Å². The van der Waals surface area contributed by atoms with Gasteiger partial charge in [-0.1, -0.05) is 29.8 Å². The van der Waals surface area contributed by atoms with E-state index in [1.54, 1.807) is 13.2 Å². The third kappa shape index (κ3) is 4.68. The van der Waals surface area contributed by atoms with E-state index in [4.69, 9.17) is 4.74 Å². The van der Waals surface area contributed by atoms with E-state index in [9.17, 15) is 4.79 Å². The molecule has 1 N–H and O–H groups in total. The van der Waals surface area contributed by atoms with Crippen LogP contribution in [-0.4, -0.2) is 24.9 Å². The molecule has 0 fully saturated rings. The van der Waals surface area contributed by atoms with E-state index < -0.39 is 0 Å². The molecular formula is C12H18BrNO2S. The lowest BCUT2D eigenvalue weighted by Gasteiger charge is -2.23. The Bertz CT molecular complexity index is 376. The van der Waals surface area contributed by atoms with Crippen LogP contribution in [-0.2, 0) is 0 Å². The van der Waals surface area contributed by atoms with Gasteiger partial charge in [0.2, 0.25) is 0 Å². The second-order valence-corrected chi connectivity index (χ2v) is 6.34. The minimum Gasteiger partial charge on any atom is -0.496 e. The Morgan fingerprint density at radius 2 is 2.29 bits per heavy atom. The summed E-state index contributed by atoms with van der Waals surface area (Å²) in [4.78, 5) is 12.5. The van der Waals surface area contributed by atoms with Crippen LogP contribution in [0.4, 0.5) is 0 Å². The highest BCUT2D eigenvalue weighted by Crippen LogP contribution is 2.23. The molecular weight excluding hydrogens is 302 g/mol. The van der Waals surface area contributed by atoms with Crippen molar-refractivity contribution in [2.45, 2.75) is 20.3 Å². The predicted octanol–water partition coefficient (Wildman–Crippen LogP) is 3.30. The standard InChI is InChI=1S/C12H18BrNO2S/c1-12(2,4-5-13)8-14-11(15)10-6-9(16-3)7-17-10/h6-7H,4-5,8H2,1-3H3,(H,14,15). The van der Waals surface area contributed by atoms with Crippen LogP contribution in [0.1, 0.15) is 29.9 Å². The van der Waals surface area contributed by atoms with Crippen molar-refractivity contribution >= 4 is 33.2 Å². The molecule has 0 saturated carbocycles. The fourth-order valence-electron chi connectivity index (χ4n) is 1.30. The number of alkyl halides is 1. The average Bonchev–Trinajstić information content (AvgIpc) is 2.74. The molecule has 0 atom stereocenters. The van der Waals surface area contributed by atoms with Gasteiger partial charge in [-0.25, -0.2) is 0 Å². The van der Waals surface area contributed by atoms with Crippen molar-refractivity contribution in [3.63, 3.8) is 0 Å². The number of amides is 1. The summed E-state index contributed by atoms with van der Waals surface area (Å²) in [6.45, 7) is 4.96. The number of carbonyl (C=O) groups is 1. The maximum atomic E-state index is 11.9. The summed E-state index contributed by atoms with van der Waals surface area (Å²) in [5.74, 6) is 0.709. The van der Waals surface area contributed by atoms with E-state index in [2.05, 4.69) is 35.1 Å². The summed E-state index contributed by atoms with van der Waals surface area (Å²) < 4.78 is 5.05. The molecule has 0 radical (unpaired) electrons. The number of hydrogen-bond acceptors (Lipinski definition) is 3. The lowest BCUT2D eigenvalue weighted by atomic mass is 9.90. The first-order chi connectivity index (χ1) is 7.98. The van der Waals surface area contributed by atoms with Gasteiger partial charge < -0.3 is 10.1 Å². The number of carbonyl (C=O) groups excluding carboxylic acids is 1. The fourth-order valence-corrected chi connectivity index (χ4v) is 3.14. The summed E-state index contributed by atoms with van der Waals surface area (Å²) in [5.41, 5.74) is 0.112. The van der Waals surface area contributed by atoms with E-state index in [-0.39, 0.29) is 11.3 Å². The molecule has 17 heavy (non-hydrogen) atoms. The normalized spacial score (nSPS) is 11.3. The smallest absolute Gasteiger partial charge is 0.261 e. The molecule has 1 aromatic heterocycles. The van der Waals surface area contributed by atoms with Crippen molar-refractivity contribution in [1.82, 2.24) is 5.32 Å². The van der Waals surface area contributed by atoms with E-state index in [1.807, 2.05) is 5.38 Å². The molecule has 0 aliphatic carbocycles. The molecule has 3 nitrogen and oxygen atoms in total. The van der Waals surface area contributed by atoms with Crippen molar-refractivity contribution in [3.8, 4) is 5.75 Å². The Morgan fingerprint density at radius 3 is 2.82 bits per heavy atom. The number of rotatable bonds is 6. The van der Waals surface area contributed by atoms with Crippen molar-refractivity contribution in [3.05, 3.63) is 16.3 Å². The molecule has 5 heteroatoms. The first kappa shape index (κ1) is 14.5. The highest BCUT2D eigenvalue weighted by Gasteiger charge is 2.19. The molecule has 0 aliphatic rings. The molecule has 0 spiro atoms. The second-order valence-electron chi connectivity index (χ2n) is 4.64. The summed E-state index contributed by atoms with van der Waals surface area (Å²) in [6.07, 6.45) is 1.03. The Labute approximate surface area is 115 Å². The molecule has 0 saturated heterocycles. The van der Waals surface area contributed by atoms with Crippen LogP contribution < -0.4 is 10.1 Å². The molecule has 96 valence electrons. The largest absolute Gasteiger partial charge is 0.496 e. The molecule has 1 rings (SSSR count). The summed E-state index contributed by atoms with van der Waals surface area (Å²) in [5, 5.41) is 5.74. The molecule has 0 bridgehead atoms. The molecule has 0 aromatic carbocycles. The number of halogens is 1. The van der Waals surface area contributed by atoms with Crippen molar-refractivity contribution < 1.29 is 9.53 Å². The van der Waals surface area contributed by atoms with E-state index in [0.29, 0.717) is 11.4 Å². The van der Waals surface area contributed by atoms with Gasteiger partial charge in [0, 0.05) is 23.3 Å². The molecule has 0 aliphatic heterocycles. The Morgan fingerprint density at radius 1 is 1.59 bits per heavy atom. The first-order valence-electron chi connectivity index (χ1n) is 5.45. The topological polar surface area (TPSA) is 38.3 Å². The zero-order valence-corrected chi connectivity index (χ0v) is 12.8. The van der Waals surface area contributed by atoms with Crippen LogP contribution in [0.15, 0.2) is 11.4 Å². The summed E-state index contributed by atoms with van der Waals surface area (Å²) in [6, 6.07) is 1.76. The van der Waals surface area contributed by atoms with Crippen LogP contribution in [0.25, 0.3) is 0 Å². The number of nitrogens with one attached hydrogen (secondary N) is 1. The number of ether oxygens (including phenoxy) is 1. The van der Waals surface area contributed by atoms with Gasteiger partial charge in [-0.2, -0.15) is 0 Å². The van der Waals surface area contributed by atoms with Gasteiger partial charge in [-0.3, -0.25) is 4.79 Å². The third-order valence-corrected chi connectivity index (χ3v) is 3.84. The van der Waals surface area contributed by atoms with Crippen LogP contribution in [0.5, 0.6) is 5.75 Å². The zero-order chi connectivity index (χ0) is 12.9. The highest BCUT2D eigenvalue weighted by atomic mass is 79.9. The highest BCUT2D eigenvalue weighted by molar-refractivity contribution is 9.09. The molecule has 0 unspecified atom stereocenters. The Kier molecular flexibility index (Phi) is 5.46. The van der Waals surface area contributed by atoms with Gasteiger partial charge in [0.05, 0.1) is 12.0 Å². The maximum Gasteiger partial charge on any atom is 0.261 e. The predicted molar refractivity (Wildman–Crippen MR) is 75.4 cm³/mol. The minimum atomic E-state index is -0.0269. The average molecular weight is 320 g/mol. The maximum absolute atomic E-state index is 11.9. The SMILES string of the molecule is COc1csc(C(=O)NCC(C)(C)CCBr)c1. The molecule has 1 aromatic rings. The Balaban J connectivity index is 2.49. The van der Waals surface area contributed by atoms with E-state index >= 15 is 0 Å². The van der Waals surface area contributed by atoms with Crippen LogP contribution in [0.2, 0.25) is 0 Å². The van der Waals surface area contributed by atoms with Crippen LogP contribution >= 0.6 is 27.3 Å². The first-order valence-corrected chi connectivity index (χ1v) is 7.45. The lowest BCUT2D eigenvalue weighted by molar-refractivity contribution is 0.0940. The third-order valence-electron chi connectivity index (χ3n) is 2.53. The Hall–Kier alpha value is -0.550. The lowest BCUT2D eigenvalue weighted by Crippen LogP contribution is -2.33. The monoisotopic (exact) mass is 319 g/mol. The summed E-state index contributed by atoms with van der Waals surface area (Å²) in [7, 11) is 1.60. The quantitative estimate of drug-likeness (QED) is 0.817. The van der Waals surface area contributed by atoms with E-state index in [1.165, 1.54) is 11.3 Å². The van der Waals surface area contributed by atoms with Gasteiger partial charge in [0.1, 0.15) is 5.75 Å². The number of thiophene rings is 1. The van der Waals surface area contributed by atoms with Crippen LogP contribution in [0, 0.1) is 5.41 Å². The number of methoxy groups -OCH3 is 1. The van der Waals surface area contributed by atoms with Gasteiger partial charge in [-0.05, 0) is 11.8 Å². The molecule has 1 amide bonds. The van der Waals surface area contributed by atoms with Gasteiger partial charge in [0.25, 0.3) is 5.91 Å². The van der Waals surface area contributed by atoms with Crippen molar-refractivity contribution in [2.24, 2.45) is 5.41 Å². The summed E-state index contributed by atoms with van der Waals surface area (Å²) >= 11 is 4.82. The minimum absolute atomic E-state index is 0.0269. The van der Waals surface area contributed by atoms with Gasteiger partial charge in [0.15, 0.2) is 0 Å². The van der Waals surface area contributed by atoms with Crippen molar-refractivity contribution in [1.29, 1.82) is 0 Å². The fraction of sp³-hybridized carbons (Fsp3) is 0.583. The van der Waals surface area contributed by atoms with Crippen LogP contribution in [0.3, 0.4) is 0 Å².